The number of anilines is 2. The van der Waals surface area contributed by atoms with Gasteiger partial charge < -0.3 is 10.6 Å². The Bertz CT molecular complexity index is 1620. The van der Waals surface area contributed by atoms with Crippen molar-refractivity contribution in [2.45, 2.75) is 58.5 Å². The maximum atomic E-state index is 13.6. The monoisotopic (exact) mass is 601 g/mol. The van der Waals surface area contributed by atoms with Crippen molar-refractivity contribution in [1.82, 2.24) is 4.31 Å². The second-order valence-corrected chi connectivity index (χ2v) is 12.7. The van der Waals surface area contributed by atoms with Crippen molar-refractivity contribution in [2.24, 2.45) is 5.92 Å². The summed E-state index contributed by atoms with van der Waals surface area (Å²) in [5.41, 5.74) is 3.68. The van der Waals surface area contributed by atoms with Crippen LogP contribution in [-0.4, -0.2) is 37.6 Å². The van der Waals surface area contributed by atoms with Gasteiger partial charge in [0.05, 0.1) is 10.5 Å². The summed E-state index contributed by atoms with van der Waals surface area (Å²) < 4.78 is 67.7. The van der Waals surface area contributed by atoms with Crippen LogP contribution < -0.4 is 10.6 Å². The zero-order chi connectivity index (χ0) is 31.0. The molecule has 1 fully saturated rings. The van der Waals surface area contributed by atoms with E-state index >= 15 is 0 Å². The van der Waals surface area contributed by atoms with Crippen molar-refractivity contribution < 1.29 is 31.2 Å². The third kappa shape index (κ3) is 6.52. The lowest BCUT2D eigenvalue weighted by molar-refractivity contribution is -0.137. The average molecular weight is 602 g/mol. The minimum atomic E-state index is -4.57. The van der Waals surface area contributed by atoms with Crippen LogP contribution in [0, 0.1) is 40.5 Å². The number of amides is 2. The highest BCUT2D eigenvalue weighted by atomic mass is 32.2. The highest BCUT2D eigenvalue weighted by Crippen LogP contribution is 2.32. The summed E-state index contributed by atoms with van der Waals surface area (Å²) in [5.74, 6) is -1.40. The normalized spacial score (nSPS) is 15.0. The minimum Gasteiger partial charge on any atom is -0.326 e. The molecule has 0 bridgehead atoms. The fraction of sp³-hybridized carbons (Fsp3) is 0.355. The van der Waals surface area contributed by atoms with Crippen molar-refractivity contribution in [3.63, 3.8) is 0 Å². The number of nitrogens with one attached hydrogen (secondary N) is 2. The van der Waals surface area contributed by atoms with Gasteiger partial charge in [0.25, 0.3) is 5.91 Å². The van der Waals surface area contributed by atoms with Crippen LogP contribution in [0.2, 0.25) is 0 Å². The van der Waals surface area contributed by atoms with E-state index in [4.69, 9.17) is 0 Å². The summed E-state index contributed by atoms with van der Waals surface area (Å²) in [5, 5.41) is 5.46. The Kier molecular flexibility index (Phi) is 8.84. The van der Waals surface area contributed by atoms with Crippen LogP contribution in [0.1, 0.15) is 56.6 Å². The van der Waals surface area contributed by atoms with Gasteiger partial charge in [0.1, 0.15) is 0 Å². The van der Waals surface area contributed by atoms with E-state index in [1.807, 2.05) is 33.8 Å². The standard InChI is InChI=1S/C31H34F3N3O4S/c1-18-9-10-26(35-30(39)24-7-6-8-25(16-24)31(32,33)34)17-27(18)36-29(38)23-11-13-37(14-12-23)42(40,41)28-21(4)19(2)15-20(3)22(28)5/h6-10,15-17,23H,11-14H2,1-5H3,(H,35,39)(H,36,38). The van der Waals surface area contributed by atoms with E-state index in [2.05, 4.69) is 10.6 Å². The number of carbonyl (C=O) groups is 2. The van der Waals surface area contributed by atoms with Crippen LogP contribution in [0.3, 0.4) is 0 Å². The first-order valence-corrected chi connectivity index (χ1v) is 15.0. The molecule has 0 radical (unpaired) electrons. The fourth-order valence-electron chi connectivity index (χ4n) is 5.16. The van der Waals surface area contributed by atoms with Gasteiger partial charge >= 0.3 is 6.18 Å². The van der Waals surface area contributed by atoms with Crippen molar-refractivity contribution in [1.29, 1.82) is 0 Å². The second-order valence-electron chi connectivity index (χ2n) is 10.8. The number of hydrogen-bond acceptors (Lipinski definition) is 4. The first-order valence-electron chi connectivity index (χ1n) is 13.6. The lowest BCUT2D eigenvalue weighted by atomic mass is 9.97. The van der Waals surface area contributed by atoms with Crippen molar-refractivity contribution in [3.8, 4) is 0 Å². The number of alkyl halides is 3. The number of carbonyl (C=O) groups excluding carboxylic acids is 2. The molecule has 0 spiro atoms. The molecule has 2 amide bonds. The molecule has 1 heterocycles. The van der Waals surface area contributed by atoms with E-state index in [0.29, 0.717) is 29.1 Å². The molecule has 3 aromatic rings. The number of halogens is 3. The Morgan fingerprint density at radius 1 is 0.833 bits per heavy atom. The molecule has 0 aromatic heterocycles. The molecule has 4 rings (SSSR count). The van der Waals surface area contributed by atoms with Gasteiger partial charge in [-0.25, -0.2) is 8.42 Å². The van der Waals surface area contributed by atoms with Gasteiger partial charge in [-0.1, -0.05) is 18.2 Å². The highest BCUT2D eigenvalue weighted by molar-refractivity contribution is 7.89. The van der Waals surface area contributed by atoms with Gasteiger partial charge in [0.15, 0.2) is 0 Å². The fourth-order valence-corrected chi connectivity index (χ4v) is 7.21. The number of aryl methyl sites for hydroxylation is 3. The maximum Gasteiger partial charge on any atom is 0.416 e. The Hall–Kier alpha value is -3.70. The molecule has 11 heteroatoms. The molecule has 0 atom stereocenters. The van der Waals surface area contributed by atoms with E-state index in [9.17, 15) is 31.2 Å². The van der Waals surface area contributed by atoms with Crippen LogP contribution in [0.25, 0.3) is 0 Å². The molecule has 1 aliphatic heterocycles. The van der Waals surface area contributed by atoms with Gasteiger partial charge in [-0.05, 0) is 106 Å². The lowest BCUT2D eigenvalue weighted by Crippen LogP contribution is -2.42. The summed E-state index contributed by atoms with van der Waals surface area (Å²) in [6, 6.07) is 10.9. The van der Waals surface area contributed by atoms with Gasteiger partial charge in [0.2, 0.25) is 15.9 Å². The van der Waals surface area contributed by atoms with Crippen LogP contribution in [0.5, 0.6) is 0 Å². The van der Waals surface area contributed by atoms with Crippen molar-refractivity contribution >= 4 is 33.2 Å². The Labute approximate surface area is 244 Å². The molecule has 0 unspecified atom stereocenters. The number of nitrogens with zero attached hydrogens (tertiary/aromatic N) is 1. The second kappa shape index (κ2) is 11.9. The van der Waals surface area contributed by atoms with E-state index in [0.717, 1.165) is 39.9 Å². The molecule has 1 aliphatic rings. The Morgan fingerprint density at radius 3 is 2.05 bits per heavy atom. The zero-order valence-corrected chi connectivity index (χ0v) is 25.0. The molecule has 3 aromatic carbocycles. The van der Waals surface area contributed by atoms with Gasteiger partial charge in [-0.3, -0.25) is 9.59 Å². The van der Waals surface area contributed by atoms with Gasteiger partial charge in [-0.15, -0.1) is 0 Å². The first kappa shape index (κ1) is 31.2. The van der Waals surface area contributed by atoms with Crippen LogP contribution >= 0.6 is 0 Å². The third-order valence-corrected chi connectivity index (χ3v) is 10.1. The minimum absolute atomic E-state index is 0.149. The molecule has 0 aliphatic carbocycles. The van der Waals surface area contributed by atoms with E-state index in [-0.39, 0.29) is 24.6 Å². The average Bonchev–Trinajstić information content (AvgIpc) is 2.93. The van der Waals surface area contributed by atoms with Gasteiger partial charge in [0, 0.05) is 35.9 Å². The van der Waals surface area contributed by atoms with Crippen molar-refractivity contribution in [3.05, 3.63) is 87.5 Å². The molecular weight excluding hydrogens is 567 g/mol. The molecule has 0 saturated carbocycles. The number of hydrogen-bond donors (Lipinski definition) is 2. The summed E-state index contributed by atoms with van der Waals surface area (Å²) in [7, 11) is -3.74. The lowest BCUT2D eigenvalue weighted by Gasteiger charge is -2.32. The van der Waals surface area contributed by atoms with E-state index in [1.165, 1.54) is 16.4 Å². The predicted molar refractivity (Wildman–Crippen MR) is 156 cm³/mol. The largest absolute Gasteiger partial charge is 0.416 e. The number of piperidine rings is 1. The highest BCUT2D eigenvalue weighted by Gasteiger charge is 2.34. The molecule has 7 nitrogen and oxygen atoms in total. The zero-order valence-electron chi connectivity index (χ0n) is 24.1. The molecular formula is C31H34F3N3O4S. The van der Waals surface area contributed by atoms with E-state index < -0.39 is 33.6 Å². The Balaban J connectivity index is 1.42. The molecule has 2 N–H and O–H groups in total. The third-order valence-electron chi connectivity index (χ3n) is 7.93. The topological polar surface area (TPSA) is 95.6 Å². The molecule has 1 saturated heterocycles. The summed E-state index contributed by atoms with van der Waals surface area (Å²) in [4.78, 5) is 26.1. The van der Waals surface area contributed by atoms with Gasteiger partial charge in [-0.2, -0.15) is 17.5 Å². The van der Waals surface area contributed by atoms with Crippen LogP contribution in [0.15, 0.2) is 53.4 Å². The maximum absolute atomic E-state index is 13.6. The van der Waals surface area contributed by atoms with Crippen molar-refractivity contribution in [2.75, 3.05) is 23.7 Å². The van der Waals surface area contributed by atoms with Crippen LogP contribution in [0.4, 0.5) is 24.5 Å². The summed E-state index contributed by atoms with van der Waals surface area (Å²) in [6.45, 7) is 9.60. The molecule has 42 heavy (non-hydrogen) atoms. The quantitative estimate of drug-likeness (QED) is 0.336. The Morgan fingerprint density at radius 2 is 1.45 bits per heavy atom. The summed E-state index contributed by atoms with van der Waals surface area (Å²) in [6.07, 6.45) is -3.88. The number of sulfonamides is 1. The number of rotatable bonds is 6. The van der Waals surface area contributed by atoms with E-state index in [1.54, 1.807) is 25.1 Å². The smallest absolute Gasteiger partial charge is 0.326 e. The number of benzene rings is 3. The van der Waals surface area contributed by atoms with Crippen LogP contribution in [-0.2, 0) is 21.0 Å². The molecule has 224 valence electrons. The SMILES string of the molecule is Cc1ccc(NC(=O)c2cccc(C(F)(F)F)c2)cc1NC(=O)C1CCN(S(=O)(=O)c2c(C)c(C)cc(C)c2C)CC1. The summed E-state index contributed by atoms with van der Waals surface area (Å²) >= 11 is 0. The predicted octanol–water partition coefficient (Wildman–Crippen LogP) is 6.54. The first-order chi connectivity index (χ1) is 19.6.